The van der Waals surface area contributed by atoms with Crippen LogP contribution in [0.15, 0.2) is 24.3 Å². The number of hydrogen-bond acceptors (Lipinski definition) is 5. The highest BCUT2D eigenvalue weighted by molar-refractivity contribution is 6.30. The van der Waals surface area contributed by atoms with Crippen LogP contribution in [0.5, 0.6) is 0 Å². The zero-order chi connectivity index (χ0) is 29.8. The van der Waals surface area contributed by atoms with Gasteiger partial charge in [0.05, 0.1) is 5.41 Å². The van der Waals surface area contributed by atoms with Crippen LogP contribution >= 0.6 is 11.6 Å². The van der Waals surface area contributed by atoms with E-state index in [4.69, 9.17) is 11.6 Å². The molecule has 9 heteroatoms. The Hall–Kier alpha value is -2.16. The van der Waals surface area contributed by atoms with Crippen molar-refractivity contribution in [2.24, 2.45) is 11.3 Å². The summed E-state index contributed by atoms with van der Waals surface area (Å²) >= 11 is 6.12. The van der Waals surface area contributed by atoms with Gasteiger partial charge in [-0.1, -0.05) is 43.0 Å². The lowest BCUT2D eigenvalue weighted by molar-refractivity contribution is -0.147. The SMILES string of the molecule is CN1CCN(C)C(C(=O)NC(Cc2ccc(Cl)cc2)C(=O)N2CCC(C(=O)NC(C)(C)C)(C3CCCCC3)CC2)C1. The van der Waals surface area contributed by atoms with Crippen molar-refractivity contribution in [3.8, 4) is 0 Å². The summed E-state index contributed by atoms with van der Waals surface area (Å²) in [5.41, 5.74) is 0.190. The van der Waals surface area contributed by atoms with Gasteiger partial charge in [-0.15, -0.1) is 0 Å². The van der Waals surface area contributed by atoms with Crippen LogP contribution in [-0.4, -0.2) is 96.9 Å². The van der Waals surface area contributed by atoms with Crippen molar-refractivity contribution in [3.05, 3.63) is 34.9 Å². The Bertz CT molecular complexity index is 1060. The third-order valence-corrected chi connectivity index (χ3v) is 9.67. The maximum Gasteiger partial charge on any atom is 0.245 e. The summed E-state index contributed by atoms with van der Waals surface area (Å²) in [7, 11) is 3.98. The maximum atomic E-state index is 14.1. The van der Waals surface area contributed by atoms with E-state index in [0.717, 1.165) is 44.3 Å². The first-order valence-corrected chi connectivity index (χ1v) is 15.8. The Kier molecular flexibility index (Phi) is 10.4. The van der Waals surface area contributed by atoms with E-state index in [9.17, 15) is 14.4 Å². The average Bonchev–Trinajstić information content (AvgIpc) is 2.94. The molecule has 1 aromatic rings. The van der Waals surface area contributed by atoms with Crippen LogP contribution in [0.4, 0.5) is 0 Å². The molecule has 0 bridgehead atoms. The minimum absolute atomic E-state index is 0.0754. The first-order valence-electron chi connectivity index (χ1n) is 15.4. The van der Waals surface area contributed by atoms with E-state index in [2.05, 4.69) is 20.4 Å². The number of likely N-dealkylation sites (N-methyl/N-ethyl adjacent to an activating group) is 2. The number of rotatable bonds is 7. The van der Waals surface area contributed by atoms with Crippen LogP contribution in [0.2, 0.25) is 5.02 Å². The number of benzene rings is 1. The Morgan fingerprint density at radius 2 is 1.61 bits per heavy atom. The van der Waals surface area contributed by atoms with Crippen LogP contribution < -0.4 is 10.6 Å². The molecule has 1 aromatic carbocycles. The maximum absolute atomic E-state index is 14.1. The van der Waals surface area contributed by atoms with Gasteiger partial charge in [-0.3, -0.25) is 19.3 Å². The number of hydrogen-bond donors (Lipinski definition) is 2. The normalized spacial score (nSPS) is 23.6. The summed E-state index contributed by atoms with van der Waals surface area (Å²) in [5, 5.41) is 7.04. The molecule has 228 valence electrons. The molecule has 1 aliphatic carbocycles. The molecule has 3 fully saturated rings. The van der Waals surface area contributed by atoms with Crippen molar-refractivity contribution in [1.29, 1.82) is 0 Å². The molecule has 2 saturated heterocycles. The summed E-state index contributed by atoms with van der Waals surface area (Å²) in [4.78, 5) is 47.5. The van der Waals surface area contributed by atoms with Crippen LogP contribution in [0.3, 0.4) is 0 Å². The first kappa shape index (κ1) is 31.8. The van der Waals surface area contributed by atoms with Gasteiger partial charge in [-0.2, -0.15) is 0 Å². The lowest BCUT2D eigenvalue weighted by atomic mass is 9.63. The molecule has 2 aliphatic heterocycles. The van der Waals surface area contributed by atoms with Gasteiger partial charge in [-0.05, 0) is 84.2 Å². The molecule has 2 unspecified atom stereocenters. The fourth-order valence-corrected chi connectivity index (χ4v) is 7.03. The third kappa shape index (κ3) is 8.02. The highest BCUT2D eigenvalue weighted by Gasteiger charge is 2.49. The number of nitrogens with one attached hydrogen (secondary N) is 2. The molecule has 1 saturated carbocycles. The highest BCUT2D eigenvalue weighted by Crippen LogP contribution is 2.46. The number of carbonyl (C=O) groups is 3. The number of carbonyl (C=O) groups excluding carboxylic acids is 3. The van der Waals surface area contributed by atoms with Gasteiger partial charge in [-0.25, -0.2) is 0 Å². The number of likely N-dealkylation sites (tertiary alicyclic amines) is 1. The van der Waals surface area contributed by atoms with Gasteiger partial charge in [0.15, 0.2) is 0 Å². The van der Waals surface area contributed by atoms with E-state index in [1.807, 2.05) is 64.0 Å². The molecule has 0 spiro atoms. The van der Waals surface area contributed by atoms with E-state index in [0.29, 0.717) is 49.8 Å². The summed E-state index contributed by atoms with van der Waals surface area (Å²) in [6.07, 6.45) is 7.41. The van der Waals surface area contributed by atoms with Crippen molar-refractivity contribution in [2.45, 2.75) is 89.8 Å². The average molecular weight is 588 g/mol. The molecule has 8 nitrogen and oxygen atoms in total. The predicted octanol–water partition coefficient (Wildman–Crippen LogP) is 3.72. The summed E-state index contributed by atoms with van der Waals surface area (Å²) in [6.45, 7) is 9.47. The van der Waals surface area contributed by atoms with E-state index >= 15 is 0 Å². The van der Waals surface area contributed by atoms with Crippen molar-refractivity contribution in [3.63, 3.8) is 0 Å². The van der Waals surface area contributed by atoms with Gasteiger partial charge < -0.3 is 20.4 Å². The van der Waals surface area contributed by atoms with Crippen molar-refractivity contribution < 1.29 is 14.4 Å². The van der Waals surface area contributed by atoms with Gasteiger partial charge in [0.1, 0.15) is 12.1 Å². The predicted molar refractivity (Wildman–Crippen MR) is 164 cm³/mol. The fourth-order valence-electron chi connectivity index (χ4n) is 6.90. The summed E-state index contributed by atoms with van der Waals surface area (Å²) in [6, 6.07) is 6.47. The minimum Gasteiger partial charge on any atom is -0.351 e. The Balaban J connectivity index is 1.51. The van der Waals surface area contributed by atoms with Crippen molar-refractivity contribution >= 4 is 29.3 Å². The van der Waals surface area contributed by atoms with Crippen molar-refractivity contribution in [2.75, 3.05) is 46.8 Å². The van der Waals surface area contributed by atoms with Gasteiger partial charge in [0.25, 0.3) is 0 Å². The van der Waals surface area contributed by atoms with E-state index in [1.165, 1.54) is 6.42 Å². The fraction of sp³-hybridized carbons (Fsp3) is 0.719. The first-order chi connectivity index (χ1) is 19.4. The van der Waals surface area contributed by atoms with E-state index in [-0.39, 0.29) is 29.3 Å². The monoisotopic (exact) mass is 587 g/mol. The molecule has 2 heterocycles. The standard InChI is InChI=1S/C32H50ClN5O3/c1-31(2,3)35-30(41)32(24-9-7-6-8-10-24)15-17-38(18-16-32)29(40)26(21-23-11-13-25(33)14-12-23)34-28(39)27-22-36(4)19-20-37(27)5/h11-14,24,26-27H,6-10,15-22H2,1-5H3,(H,34,39)(H,35,41). The molecule has 2 atom stereocenters. The highest BCUT2D eigenvalue weighted by atomic mass is 35.5. The Morgan fingerprint density at radius 3 is 2.22 bits per heavy atom. The lowest BCUT2D eigenvalue weighted by Crippen LogP contribution is -2.61. The molecule has 0 radical (unpaired) electrons. The van der Waals surface area contributed by atoms with E-state index in [1.54, 1.807) is 0 Å². The van der Waals surface area contributed by atoms with E-state index < -0.39 is 11.5 Å². The second kappa shape index (κ2) is 13.4. The van der Waals surface area contributed by atoms with Crippen LogP contribution in [0.1, 0.15) is 71.3 Å². The molecular weight excluding hydrogens is 538 g/mol. The third-order valence-electron chi connectivity index (χ3n) is 9.42. The second-order valence-corrected chi connectivity index (χ2v) is 14.1. The van der Waals surface area contributed by atoms with Crippen LogP contribution in [0.25, 0.3) is 0 Å². The largest absolute Gasteiger partial charge is 0.351 e. The smallest absolute Gasteiger partial charge is 0.245 e. The topological polar surface area (TPSA) is 85.0 Å². The molecule has 2 N–H and O–H groups in total. The summed E-state index contributed by atoms with van der Waals surface area (Å²) < 4.78 is 0. The number of nitrogens with zero attached hydrogens (tertiary/aromatic N) is 3. The molecule has 3 amide bonds. The molecule has 4 rings (SSSR count). The molecule has 41 heavy (non-hydrogen) atoms. The number of amides is 3. The Morgan fingerprint density at radius 1 is 0.976 bits per heavy atom. The summed E-state index contributed by atoms with van der Waals surface area (Å²) in [5.74, 6) is 0.289. The molecule has 0 aromatic heterocycles. The van der Waals surface area contributed by atoms with Gasteiger partial charge in [0, 0.05) is 49.7 Å². The minimum atomic E-state index is -0.685. The quantitative estimate of drug-likeness (QED) is 0.508. The van der Waals surface area contributed by atoms with Crippen LogP contribution in [0, 0.1) is 11.3 Å². The Labute approximate surface area is 251 Å². The van der Waals surface area contributed by atoms with Crippen molar-refractivity contribution in [1.82, 2.24) is 25.3 Å². The number of piperidine rings is 1. The number of halogens is 1. The lowest BCUT2D eigenvalue weighted by Gasteiger charge is -2.48. The molecule has 3 aliphatic rings. The number of piperazine rings is 1. The second-order valence-electron chi connectivity index (χ2n) is 13.7. The van der Waals surface area contributed by atoms with Gasteiger partial charge >= 0.3 is 0 Å². The van der Waals surface area contributed by atoms with Crippen LogP contribution in [-0.2, 0) is 20.8 Å². The zero-order valence-corrected chi connectivity index (χ0v) is 26.4. The molecular formula is C32H50ClN5O3. The van der Waals surface area contributed by atoms with Gasteiger partial charge in [0.2, 0.25) is 17.7 Å². The zero-order valence-electron chi connectivity index (χ0n) is 25.7.